The van der Waals surface area contributed by atoms with Gasteiger partial charge in [-0.2, -0.15) is 0 Å². The van der Waals surface area contributed by atoms with Crippen LogP contribution in [0.5, 0.6) is 0 Å². The van der Waals surface area contributed by atoms with Gasteiger partial charge in [0, 0.05) is 6.61 Å². The second-order valence-electron chi connectivity index (χ2n) is 3.65. The zero-order valence-electron chi connectivity index (χ0n) is 9.50. The van der Waals surface area contributed by atoms with Crippen LogP contribution in [-0.4, -0.2) is 30.8 Å². The molecule has 0 heterocycles. The van der Waals surface area contributed by atoms with E-state index in [9.17, 15) is 4.79 Å². The van der Waals surface area contributed by atoms with Crippen LogP contribution in [0.2, 0.25) is 0 Å². The predicted octanol–water partition coefficient (Wildman–Crippen LogP) is 1.08. The minimum atomic E-state index is -0.888. The molecule has 2 atom stereocenters. The maximum absolute atomic E-state index is 11.5. The van der Waals surface area contributed by atoms with Crippen LogP contribution in [0.1, 0.15) is 34.1 Å². The first kappa shape index (κ1) is 13.4. The van der Waals surface area contributed by atoms with Crippen LogP contribution in [0.4, 0.5) is 0 Å². The van der Waals surface area contributed by atoms with Crippen LogP contribution in [0.15, 0.2) is 0 Å². The molecule has 0 saturated carbocycles. The fourth-order valence-electron chi connectivity index (χ4n) is 0.780. The minimum absolute atomic E-state index is 0.239. The molecule has 0 amide bonds. The maximum Gasteiger partial charge on any atom is 0.326 e. The first-order chi connectivity index (χ1) is 6.44. The molecule has 2 unspecified atom stereocenters. The van der Waals surface area contributed by atoms with Gasteiger partial charge < -0.3 is 15.2 Å². The molecular weight excluding hydrogens is 182 g/mol. The highest BCUT2D eigenvalue weighted by Crippen LogP contribution is 2.09. The van der Waals surface area contributed by atoms with Gasteiger partial charge in [0.15, 0.2) is 0 Å². The van der Waals surface area contributed by atoms with Gasteiger partial charge in [0.1, 0.15) is 11.6 Å². The highest BCUT2D eigenvalue weighted by atomic mass is 16.6. The van der Waals surface area contributed by atoms with Crippen molar-refractivity contribution in [1.82, 2.24) is 0 Å². The van der Waals surface area contributed by atoms with Crippen LogP contribution in [0.3, 0.4) is 0 Å². The van der Waals surface area contributed by atoms with E-state index in [1.807, 2.05) is 13.8 Å². The Bertz CT molecular complexity index is 180. The first-order valence-corrected chi connectivity index (χ1v) is 5.01. The molecule has 0 fully saturated rings. The molecule has 4 heteroatoms. The van der Waals surface area contributed by atoms with Gasteiger partial charge in [-0.25, -0.2) is 0 Å². The summed E-state index contributed by atoms with van der Waals surface area (Å²) in [4.78, 5) is 11.5. The maximum atomic E-state index is 11.5. The zero-order chi connectivity index (χ0) is 11.2. The van der Waals surface area contributed by atoms with Crippen molar-refractivity contribution in [3.05, 3.63) is 0 Å². The van der Waals surface area contributed by atoms with Crippen molar-refractivity contribution >= 4 is 5.97 Å². The lowest BCUT2D eigenvalue weighted by Gasteiger charge is -2.23. The molecule has 0 spiro atoms. The predicted molar refractivity (Wildman–Crippen MR) is 54.9 cm³/mol. The topological polar surface area (TPSA) is 61.5 Å². The van der Waals surface area contributed by atoms with Gasteiger partial charge >= 0.3 is 5.97 Å². The fraction of sp³-hybridized carbons (Fsp3) is 0.900. The Balaban J connectivity index is 3.93. The van der Waals surface area contributed by atoms with E-state index in [4.69, 9.17) is 15.2 Å². The fourth-order valence-corrected chi connectivity index (χ4v) is 0.780. The average Bonchev–Trinajstić information content (AvgIpc) is 2.14. The van der Waals surface area contributed by atoms with Crippen LogP contribution < -0.4 is 5.73 Å². The Hall–Kier alpha value is -0.610. The van der Waals surface area contributed by atoms with Gasteiger partial charge in [-0.3, -0.25) is 4.79 Å². The third-order valence-electron chi connectivity index (χ3n) is 2.07. The quantitative estimate of drug-likeness (QED) is 0.656. The molecule has 0 aromatic carbocycles. The highest BCUT2D eigenvalue weighted by Gasteiger charge is 2.29. The van der Waals surface area contributed by atoms with Gasteiger partial charge in [0.05, 0.1) is 6.61 Å². The molecule has 14 heavy (non-hydrogen) atoms. The average molecular weight is 203 g/mol. The number of esters is 1. The smallest absolute Gasteiger partial charge is 0.326 e. The highest BCUT2D eigenvalue weighted by molar-refractivity contribution is 5.80. The summed E-state index contributed by atoms with van der Waals surface area (Å²) >= 11 is 0. The molecule has 4 nitrogen and oxygen atoms in total. The van der Waals surface area contributed by atoms with E-state index in [1.54, 1.807) is 13.8 Å². The number of ether oxygens (including phenoxy) is 2. The van der Waals surface area contributed by atoms with E-state index >= 15 is 0 Å². The Labute approximate surface area is 85.8 Å². The summed E-state index contributed by atoms with van der Waals surface area (Å²) < 4.78 is 10.2. The molecule has 0 saturated heterocycles. The van der Waals surface area contributed by atoms with Gasteiger partial charge in [0.25, 0.3) is 0 Å². The third-order valence-corrected chi connectivity index (χ3v) is 2.07. The molecule has 0 rings (SSSR count). The number of carbonyl (C=O) groups excluding carboxylic acids is 1. The molecule has 84 valence electrons. The van der Waals surface area contributed by atoms with Crippen molar-refractivity contribution in [2.24, 2.45) is 5.73 Å². The lowest BCUT2D eigenvalue weighted by molar-refractivity contribution is -0.157. The molecule has 0 aromatic heterocycles. The summed E-state index contributed by atoms with van der Waals surface area (Å²) in [6, 6.07) is 0. The molecule has 0 aliphatic heterocycles. The normalized spacial score (nSPS) is 17.2. The second-order valence-corrected chi connectivity index (χ2v) is 3.65. The SMILES string of the molecule is CCOCC(C)OC(=O)C(C)(N)CC. The van der Waals surface area contributed by atoms with Gasteiger partial charge in [-0.1, -0.05) is 6.92 Å². The van der Waals surface area contributed by atoms with Crippen LogP contribution in [0, 0.1) is 0 Å². The third kappa shape index (κ3) is 4.58. The first-order valence-electron chi connectivity index (χ1n) is 5.01. The van der Waals surface area contributed by atoms with E-state index in [0.717, 1.165) is 0 Å². The largest absolute Gasteiger partial charge is 0.459 e. The summed E-state index contributed by atoms with van der Waals surface area (Å²) in [5.41, 5.74) is 4.83. The second kappa shape index (κ2) is 5.98. The standard InChI is InChI=1S/C10H21NO3/c1-5-10(4,11)9(12)14-8(3)7-13-6-2/h8H,5-7,11H2,1-4H3. The van der Waals surface area contributed by atoms with Crippen molar-refractivity contribution in [3.63, 3.8) is 0 Å². The van der Waals surface area contributed by atoms with Crippen molar-refractivity contribution < 1.29 is 14.3 Å². The molecule has 0 bridgehead atoms. The number of hydrogen-bond donors (Lipinski definition) is 1. The monoisotopic (exact) mass is 203 g/mol. The summed E-state index contributed by atoms with van der Waals surface area (Å²) in [6.45, 7) is 8.25. The Morgan fingerprint density at radius 2 is 2.07 bits per heavy atom. The number of carbonyl (C=O) groups is 1. The molecular formula is C10H21NO3. The Morgan fingerprint density at radius 1 is 1.50 bits per heavy atom. The Kier molecular flexibility index (Phi) is 5.72. The lowest BCUT2D eigenvalue weighted by atomic mass is 10.0. The van der Waals surface area contributed by atoms with Crippen LogP contribution >= 0.6 is 0 Å². The molecule has 0 aliphatic carbocycles. The summed E-state index contributed by atoms with van der Waals surface area (Å²) in [7, 11) is 0. The molecule has 0 aromatic rings. The van der Waals surface area contributed by atoms with Crippen LogP contribution in [-0.2, 0) is 14.3 Å². The van der Waals surface area contributed by atoms with Crippen molar-refractivity contribution in [2.75, 3.05) is 13.2 Å². The van der Waals surface area contributed by atoms with E-state index in [2.05, 4.69) is 0 Å². The summed E-state index contributed by atoms with van der Waals surface area (Å²) in [5.74, 6) is -0.368. The van der Waals surface area contributed by atoms with Gasteiger partial charge in [-0.05, 0) is 27.2 Å². The Morgan fingerprint density at radius 3 is 2.50 bits per heavy atom. The lowest BCUT2D eigenvalue weighted by Crippen LogP contribution is -2.46. The van der Waals surface area contributed by atoms with Crippen molar-refractivity contribution in [1.29, 1.82) is 0 Å². The summed E-state index contributed by atoms with van der Waals surface area (Å²) in [5, 5.41) is 0. The van der Waals surface area contributed by atoms with Crippen molar-refractivity contribution in [2.45, 2.75) is 45.8 Å². The van der Waals surface area contributed by atoms with Crippen LogP contribution in [0.25, 0.3) is 0 Å². The molecule has 0 radical (unpaired) electrons. The number of hydrogen-bond acceptors (Lipinski definition) is 4. The molecule has 2 N–H and O–H groups in total. The van der Waals surface area contributed by atoms with Gasteiger partial charge in [0.2, 0.25) is 0 Å². The zero-order valence-corrected chi connectivity index (χ0v) is 9.50. The van der Waals surface area contributed by atoms with Crippen molar-refractivity contribution in [3.8, 4) is 0 Å². The van der Waals surface area contributed by atoms with E-state index in [1.165, 1.54) is 0 Å². The molecule has 0 aliphatic rings. The van der Waals surface area contributed by atoms with Gasteiger partial charge in [-0.15, -0.1) is 0 Å². The van der Waals surface area contributed by atoms with E-state index < -0.39 is 5.54 Å². The summed E-state index contributed by atoms with van der Waals surface area (Å²) in [6.07, 6.45) is 0.324. The van der Waals surface area contributed by atoms with E-state index in [0.29, 0.717) is 19.6 Å². The van der Waals surface area contributed by atoms with E-state index in [-0.39, 0.29) is 12.1 Å². The minimum Gasteiger partial charge on any atom is -0.459 e. The number of nitrogens with two attached hydrogens (primary N) is 1. The number of rotatable bonds is 6.